The summed E-state index contributed by atoms with van der Waals surface area (Å²) in [4.78, 5) is 53.8. The predicted octanol–water partition coefficient (Wildman–Crippen LogP) is 24.4. The molecule has 18 nitrogen and oxygen atoms in total. The Labute approximate surface area is 734 Å². The van der Waals surface area contributed by atoms with Crippen LogP contribution in [0.25, 0.3) is 77.1 Å². The highest BCUT2D eigenvalue weighted by Gasteiger charge is 2.29. The van der Waals surface area contributed by atoms with Gasteiger partial charge in [-0.3, -0.25) is 4.79 Å². The molecule has 0 bridgehead atoms. The third kappa shape index (κ3) is 22.1. The van der Waals surface area contributed by atoms with E-state index in [1.54, 1.807) is 6.33 Å². The minimum atomic E-state index is -0.0950. The van der Waals surface area contributed by atoms with E-state index < -0.39 is 0 Å². The Morgan fingerprint density at radius 1 is 0.382 bits per heavy atom. The van der Waals surface area contributed by atoms with Gasteiger partial charge in [0.25, 0.3) is 0 Å². The first kappa shape index (κ1) is 90.9. The summed E-state index contributed by atoms with van der Waals surface area (Å²) in [5.74, 6) is 0.990. The zero-order valence-corrected chi connectivity index (χ0v) is 79.2. The third-order valence-corrected chi connectivity index (χ3v) is 26.0. The largest absolute Gasteiger partial charge is 0.351 e. The van der Waals surface area contributed by atoms with Crippen molar-refractivity contribution in [3.8, 4) is 0 Å². The van der Waals surface area contributed by atoms with Crippen molar-refractivity contribution in [2.75, 3.05) is 53.4 Å². The molecule has 123 heavy (non-hydrogen) atoms. The van der Waals surface area contributed by atoms with Crippen molar-refractivity contribution in [3.63, 3.8) is 0 Å². The number of aromatic nitrogens is 14. The number of likely N-dealkylation sites (tertiary alicyclic amines) is 3. The van der Waals surface area contributed by atoms with E-state index in [2.05, 4.69) is 361 Å². The number of carbonyl (C=O) groups is 1. The van der Waals surface area contributed by atoms with Gasteiger partial charge < -0.3 is 47.1 Å². The molecule has 0 spiro atoms. The highest BCUT2D eigenvalue weighted by atomic mass is 16.2. The van der Waals surface area contributed by atoms with E-state index in [0.29, 0.717) is 30.7 Å². The number of rotatable bonds is 6. The number of carbonyl (C=O) groups excluding carboxylic acids is 1. The van der Waals surface area contributed by atoms with Gasteiger partial charge in [0.2, 0.25) is 5.91 Å². The van der Waals surface area contributed by atoms with Crippen molar-refractivity contribution in [2.24, 2.45) is 7.05 Å². The van der Waals surface area contributed by atoms with Gasteiger partial charge in [0.05, 0.1) is 86.8 Å². The van der Waals surface area contributed by atoms with Crippen LogP contribution in [0.15, 0.2) is 172 Å². The van der Waals surface area contributed by atoms with Crippen molar-refractivity contribution in [1.29, 1.82) is 0 Å². The zero-order valence-electron chi connectivity index (χ0n) is 79.2. The fourth-order valence-corrected chi connectivity index (χ4v) is 17.5. The highest BCUT2D eigenvalue weighted by molar-refractivity contribution is 5.84. The second-order valence-corrected chi connectivity index (χ2v) is 43.1. The molecule has 11 heterocycles. The van der Waals surface area contributed by atoms with Crippen LogP contribution in [0.4, 0.5) is 0 Å². The fraction of sp³-hybridized carbons (Fsp3) is 0.524. The van der Waals surface area contributed by atoms with Gasteiger partial charge in [-0.1, -0.05) is 213 Å². The van der Waals surface area contributed by atoms with Crippen LogP contribution in [-0.2, 0) is 56.3 Å². The van der Waals surface area contributed by atoms with E-state index in [1.165, 1.54) is 157 Å². The number of aryl methyl sites for hydroxylation is 1. The second-order valence-electron chi connectivity index (χ2n) is 43.1. The van der Waals surface area contributed by atoms with Crippen LogP contribution in [-0.4, -0.2) is 141 Å². The molecular formula is C105H145N17O. The lowest BCUT2D eigenvalue weighted by Gasteiger charge is -2.30. The number of aromatic amines is 1. The van der Waals surface area contributed by atoms with Gasteiger partial charge in [0, 0.05) is 85.8 Å². The molecule has 1 unspecified atom stereocenters. The number of amides is 1. The number of hydrogen-bond donors (Lipinski definition) is 1. The number of benzene rings is 6. The quantitative estimate of drug-likeness (QED) is 0.170. The van der Waals surface area contributed by atoms with Crippen LogP contribution in [0.3, 0.4) is 0 Å². The number of para-hydroxylation sites is 1. The van der Waals surface area contributed by atoms with Crippen LogP contribution in [0.5, 0.6) is 0 Å². The van der Waals surface area contributed by atoms with Crippen LogP contribution >= 0.6 is 0 Å². The summed E-state index contributed by atoms with van der Waals surface area (Å²) in [6.07, 6.45) is 32.4. The van der Waals surface area contributed by atoms with Gasteiger partial charge in [0.15, 0.2) is 0 Å². The van der Waals surface area contributed by atoms with Crippen LogP contribution in [0, 0.1) is 0 Å². The summed E-state index contributed by atoms with van der Waals surface area (Å²) in [7, 11) is 6.49. The first-order chi connectivity index (χ1) is 58.0. The molecule has 3 aliphatic heterocycles. The number of nitrogens with one attached hydrogen (secondary N) is 1. The average Bonchev–Trinajstić information content (AvgIpc) is 1.67. The standard InChI is InChI=1S/C17H25N3.C17H24N2.C16H22N4O.C16H23N3.C15H20N2.C13H17N.C11H14N2/c1-17(2,3)13-5-6-15-16(11-13)20(12-18-15)14-7-9-19(4)10-8-14;1-17(2,3)13-9-10-15-16(11-13)19(12-18-15)14-7-5-4-6-8-14;1-16(2,3)15-17-10-12-6-9-20(14(12)18-15)11-13(21)19-7-4-5-8-19;1-16(2,3)12-5-6-14-15(9-12)19(11-17-14)13-7-8-18(4)10-13;1-15(2,3)11-7-8-13-14(9-11)17(10-16-13)12-5-4-6-12;1-13(2,3)11-6-5-10-7-8-14(4)12(10)9-11;1-11(2,3)8-5-4-6-9-10(8)13-7-12-9/h5-6,11-12,14H,7-10H2,1-4H3;9-12,14H,4-8H2,1-3H3;6,9-10H,4-5,7-8,11H2,1-3H3;5-6,9,11,13H,7-8,10H2,1-4H3;7-10,12H,4-6H2,1-3H3;5-9H,1-4H3;4-7H,1-3H3,(H,12,13). The molecule has 2 aliphatic carbocycles. The number of fused-ring (bicyclic) bond motifs is 7. The van der Waals surface area contributed by atoms with Crippen LogP contribution in [0.1, 0.15) is 292 Å². The van der Waals surface area contributed by atoms with Crippen molar-refractivity contribution in [1.82, 2.24) is 82.0 Å². The molecule has 5 fully saturated rings. The van der Waals surface area contributed by atoms with E-state index in [4.69, 9.17) is 0 Å². The molecule has 8 aromatic heterocycles. The summed E-state index contributed by atoms with van der Waals surface area (Å²) in [6, 6.07) is 46.5. The predicted molar refractivity (Wildman–Crippen MR) is 514 cm³/mol. The van der Waals surface area contributed by atoms with E-state index in [-0.39, 0.29) is 43.8 Å². The lowest BCUT2D eigenvalue weighted by Crippen LogP contribution is -2.31. The molecule has 0 radical (unpaired) electrons. The van der Waals surface area contributed by atoms with Crippen LogP contribution < -0.4 is 0 Å². The van der Waals surface area contributed by atoms with Gasteiger partial charge in [-0.05, 0) is 242 Å². The minimum Gasteiger partial charge on any atom is -0.351 e. The Kier molecular flexibility index (Phi) is 27.5. The lowest BCUT2D eigenvalue weighted by atomic mass is 9.86. The smallest absolute Gasteiger partial charge is 0.242 e. The average molecular weight is 1660 g/mol. The number of H-pyrrole nitrogens is 1. The molecule has 1 atom stereocenters. The highest BCUT2D eigenvalue weighted by Crippen LogP contribution is 2.39. The van der Waals surface area contributed by atoms with Crippen molar-refractivity contribution in [3.05, 3.63) is 211 Å². The maximum atomic E-state index is 12.3. The summed E-state index contributed by atoms with van der Waals surface area (Å²) in [6.45, 7) is 53.7. The topological polar surface area (TPSA) is 162 Å². The first-order valence-electron chi connectivity index (χ1n) is 45.9. The molecule has 1 amide bonds. The number of likely N-dealkylation sites (N-methyl/N-ethyl adjacent to an activating group) is 1. The normalized spacial score (nSPS) is 16.9. The Bertz CT molecular complexity index is 5760. The maximum Gasteiger partial charge on any atom is 0.242 e. The Morgan fingerprint density at radius 3 is 1.22 bits per heavy atom. The van der Waals surface area contributed by atoms with E-state index in [9.17, 15) is 4.79 Å². The molecule has 3 saturated heterocycles. The van der Waals surface area contributed by atoms with Gasteiger partial charge in [-0.25, -0.2) is 34.9 Å². The Hall–Kier alpha value is -9.78. The molecule has 656 valence electrons. The second kappa shape index (κ2) is 37.2. The van der Waals surface area contributed by atoms with Crippen molar-refractivity contribution < 1.29 is 4.79 Å². The molecule has 5 aliphatic rings. The zero-order chi connectivity index (χ0) is 88.3. The molecule has 18 heteroatoms. The van der Waals surface area contributed by atoms with E-state index >= 15 is 0 Å². The molecule has 14 aromatic rings. The Morgan fingerprint density at radius 2 is 0.797 bits per heavy atom. The number of piperidine rings is 1. The molecule has 2 saturated carbocycles. The monoisotopic (exact) mass is 1660 g/mol. The minimum absolute atomic E-state index is 0.0950. The number of imidazole rings is 5. The number of hydrogen-bond acceptors (Lipinski definition) is 10. The fourth-order valence-electron chi connectivity index (χ4n) is 17.5. The third-order valence-electron chi connectivity index (χ3n) is 26.0. The van der Waals surface area contributed by atoms with Crippen LogP contribution in [0.2, 0.25) is 0 Å². The van der Waals surface area contributed by atoms with Gasteiger partial charge >= 0.3 is 0 Å². The SMILES string of the molecule is CC(C)(C)c1ccc2ncn(C3CCC3)c2c1.CC(C)(C)c1ccc2ncn(C3CCCCC3)c2c1.CC(C)(C)c1cccc2[nH]cnc12.CC(C)(C)c1ncc2ccn(CC(=O)N3CCCC3)c2n1.CN1CCC(n2cnc3ccc(C(C)(C)C)cc32)C1.CN1CCC(n2cnc3ccc(C(C)(C)C)cc32)CC1.Cn1ccc2ccc(C(C)(C)C)cc21. The summed E-state index contributed by atoms with van der Waals surface area (Å²) in [5, 5.41) is 2.30. The Balaban J connectivity index is 0.000000124. The molecule has 6 aromatic carbocycles. The summed E-state index contributed by atoms with van der Waals surface area (Å²) >= 11 is 0. The maximum absolute atomic E-state index is 12.3. The van der Waals surface area contributed by atoms with Gasteiger partial charge in [-0.2, -0.15) is 0 Å². The first-order valence-corrected chi connectivity index (χ1v) is 45.9. The molecule has 1 N–H and O–H groups in total. The molecular weight excluding hydrogens is 1520 g/mol. The lowest BCUT2D eigenvalue weighted by molar-refractivity contribution is -0.130. The van der Waals surface area contributed by atoms with Gasteiger partial charge in [0.1, 0.15) is 18.0 Å². The van der Waals surface area contributed by atoms with Gasteiger partial charge in [-0.15, -0.1) is 0 Å². The van der Waals surface area contributed by atoms with Crippen molar-refractivity contribution >= 4 is 83.0 Å². The summed E-state index contributed by atoms with van der Waals surface area (Å²) < 4.78 is 13.7. The molecule has 19 rings (SSSR count). The summed E-state index contributed by atoms with van der Waals surface area (Å²) in [5.41, 5.74) is 23.4. The van der Waals surface area contributed by atoms with E-state index in [0.717, 1.165) is 82.4 Å². The van der Waals surface area contributed by atoms with Crippen molar-refractivity contribution in [2.45, 2.75) is 297 Å². The van der Waals surface area contributed by atoms with E-state index in [1.807, 2.05) is 53.2 Å². The number of nitrogens with zero attached hydrogens (tertiary/aromatic N) is 16.